The Morgan fingerprint density at radius 3 is 2.61 bits per heavy atom. The van der Waals surface area contributed by atoms with Crippen molar-refractivity contribution in [3.63, 3.8) is 0 Å². The standard InChI is InChI=1S/C23H16F2N2O3S/c24-17-7-5-15(9-18(17)25)12-31-23-26-19-4-2-1-3-16(19)22(28)27(23)11-14-6-8-20-21(10-14)30-13-29-20/h1-10H,11-13H2. The third-order valence-electron chi connectivity index (χ3n) is 4.96. The van der Waals surface area contributed by atoms with Crippen LogP contribution < -0.4 is 15.0 Å². The molecule has 31 heavy (non-hydrogen) atoms. The fourth-order valence-corrected chi connectivity index (χ4v) is 4.34. The van der Waals surface area contributed by atoms with Gasteiger partial charge in [-0.05, 0) is 47.5 Å². The van der Waals surface area contributed by atoms with Gasteiger partial charge in [-0.25, -0.2) is 13.8 Å². The highest BCUT2D eigenvalue weighted by atomic mass is 32.2. The van der Waals surface area contributed by atoms with Crippen molar-refractivity contribution in [1.82, 2.24) is 9.55 Å². The summed E-state index contributed by atoms with van der Waals surface area (Å²) in [7, 11) is 0. The van der Waals surface area contributed by atoms with Gasteiger partial charge in [-0.15, -0.1) is 0 Å². The molecule has 0 spiro atoms. The SMILES string of the molecule is O=c1c2ccccc2nc(SCc2ccc(F)c(F)c2)n1Cc1ccc2c(c1)OCO2. The van der Waals surface area contributed by atoms with Gasteiger partial charge in [0.2, 0.25) is 6.79 Å². The number of nitrogens with zero attached hydrogens (tertiary/aromatic N) is 2. The molecule has 5 rings (SSSR count). The van der Waals surface area contributed by atoms with E-state index < -0.39 is 11.6 Å². The van der Waals surface area contributed by atoms with E-state index in [4.69, 9.17) is 9.47 Å². The molecule has 1 aliphatic rings. The van der Waals surface area contributed by atoms with E-state index in [1.54, 1.807) is 22.8 Å². The van der Waals surface area contributed by atoms with E-state index in [0.29, 0.717) is 38.9 Å². The first-order valence-corrected chi connectivity index (χ1v) is 10.5. The van der Waals surface area contributed by atoms with E-state index in [9.17, 15) is 13.6 Å². The second-order valence-electron chi connectivity index (χ2n) is 7.03. The lowest BCUT2D eigenvalue weighted by Gasteiger charge is -2.14. The second-order valence-corrected chi connectivity index (χ2v) is 7.97. The maximum atomic E-state index is 13.6. The van der Waals surface area contributed by atoms with E-state index in [2.05, 4.69) is 4.98 Å². The molecule has 0 atom stereocenters. The van der Waals surface area contributed by atoms with Crippen LogP contribution in [0.3, 0.4) is 0 Å². The number of hydrogen-bond acceptors (Lipinski definition) is 5. The Bertz CT molecular complexity index is 1360. The van der Waals surface area contributed by atoms with Crippen LogP contribution in [0.4, 0.5) is 8.78 Å². The molecule has 0 N–H and O–H groups in total. The van der Waals surface area contributed by atoms with Gasteiger partial charge in [0.1, 0.15) is 0 Å². The van der Waals surface area contributed by atoms with Gasteiger partial charge in [0, 0.05) is 5.75 Å². The molecule has 4 aromatic rings. The van der Waals surface area contributed by atoms with Crippen molar-refractivity contribution in [3.05, 3.63) is 93.8 Å². The molecule has 1 aliphatic heterocycles. The molecule has 2 heterocycles. The van der Waals surface area contributed by atoms with Crippen LogP contribution in [0.5, 0.6) is 11.5 Å². The summed E-state index contributed by atoms with van der Waals surface area (Å²) in [6.45, 7) is 0.457. The molecule has 0 radical (unpaired) electrons. The van der Waals surface area contributed by atoms with Crippen molar-refractivity contribution in [2.45, 2.75) is 17.5 Å². The first-order chi connectivity index (χ1) is 15.1. The predicted molar refractivity (Wildman–Crippen MR) is 114 cm³/mol. The normalized spacial score (nSPS) is 12.5. The number of fused-ring (bicyclic) bond motifs is 2. The van der Waals surface area contributed by atoms with Gasteiger partial charge in [-0.3, -0.25) is 9.36 Å². The van der Waals surface area contributed by atoms with Crippen molar-refractivity contribution in [2.24, 2.45) is 0 Å². The molecule has 0 saturated heterocycles. The summed E-state index contributed by atoms with van der Waals surface area (Å²) in [5, 5.41) is 1.01. The van der Waals surface area contributed by atoms with Gasteiger partial charge in [0.05, 0.1) is 17.4 Å². The van der Waals surface area contributed by atoms with Crippen LogP contribution in [-0.2, 0) is 12.3 Å². The fraction of sp³-hybridized carbons (Fsp3) is 0.130. The highest BCUT2D eigenvalue weighted by Crippen LogP contribution is 2.33. The number of halogens is 2. The molecule has 0 fully saturated rings. The van der Waals surface area contributed by atoms with Crippen LogP contribution in [0.25, 0.3) is 10.9 Å². The van der Waals surface area contributed by atoms with Crippen LogP contribution in [0.2, 0.25) is 0 Å². The zero-order valence-electron chi connectivity index (χ0n) is 16.2. The van der Waals surface area contributed by atoms with E-state index in [1.165, 1.54) is 17.8 Å². The summed E-state index contributed by atoms with van der Waals surface area (Å²) >= 11 is 1.30. The Hall–Kier alpha value is -3.39. The first-order valence-electron chi connectivity index (χ1n) is 9.53. The summed E-state index contributed by atoms with van der Waals surface area (Å²) in [6, 6.07) is 16.4. The van der Waals surface area contributed by atoms with Crippen LogP contribution in [0, 0.1) is 11.6 Å². The summed E-state index contributed by atoms with van der Waals surface area (Å²) < 4.78 is 39.2. The second kappa shape index (κ2) is 8.03. The van der Waals surface area contributed by atoms with Crippen molar-refractivity contribution >= 4 is 22.7 Å². The van der Waals surface area contributed by atoms with Crippen molar-refractivity contribution in [2.75, 3.05) is 6.79 Å². The van der Waals surface area contributed by atoms with Crippen molar-refractivity contribution in [1.29, 1.82) is 0 Å². The Morgan fingerprint density at radius 1 is 0.935 bits per heavy atom. The van der Waals surface area contributed by atoms with Gasteiger partial charge >= 0.3 is 0 Å². The average molecular weight is 438 g/mol. The Morgan fingerprint density at radius 2 is 1.74 bits per heavy atom. The molecular weight excluding hydrogens is 422 g/mol. The number of aromatic nitrogens is 2. The molecule has 0 amide bonds. The van der Waals surface area contributed by atoms with Gasteiger partial charge in [-0.1, -0.05) is 36.0 Å². The molecule has 0 saturated carbocycles. The van der Waals surface area contributed by atoms with Crippen LogP contribution in [0.15, 0.2) is 70.6 Å². The van der Waals surface area contributed by atoms with E-state index in [1.807, 2.05) is 24.3 Å². The monoisotopic (exact) mass is 438 g/mol. The summed E-state index contributed by atoms with van der Waals surface area (Å²) in [5.74, 6) is -0.154. The molecule has 3 aromatic carbocycles. The highest BCUT2D eigenvalue weighted by Gasteiger charge is 2.16. The average Bonchev–Trinajstić information content (AvgIpc) is 3.25. The van der Waals surface area contributed by atoms with Gasteiger partial charge in [0.15, 0.2) is 28.3 Å². The molecule has 0 unspecified atom stereocenters. The van der Waals surface area contributed by atoms with Crippen LogP contribution >= 0.6 is 11.8 Å². The lowest BCUT2D eigenvalue weighted by molar-refractivity contribution is 0.174. The molecular formula is C23H16F2N2O3S. The minimum atomic E-state index is -0.901. The Labute approximate surface area is 180 Å². The minimum absolute atomic E-state index is 0.170. The van der Waals surface area contributed by atoms with Gasteiger partial charge in [-0.2, -0.15) is 0 Å². The number of benzene rings is 3. The number of hydrogen-bond donors (Lipinski definition) is 0. The number of para-hydroxylation sites is 1. The van der Waals surface area contributed by atoms with E-state index in [0.717, 1.165) is 17.7 Å². The highest BCUT2D eigenvalue weighted by molar-refractivity contribution is 7.98. The lowest BCUT2D eigenvalue weighted by Crippen LogP contribution is -2.24. The Balaban J connectivity index is 1.52. The third kappa shape index (κ3) is 3.86. The van der Waals surface area contributed by atoms with E-state index in [-0.39, 0.29) is 18.9 Å². The molecule has 5 nitrogen and oxygen atoms in total. The van der Waals surface area contributed by atoms with Crippen LogP contribution in [-0.4, -0.2) is 16.3 Å². The zero-order valence-corrected chi connectivity index (χ0v) is 17.0. The van der Waals surface area contributed by atoms with Crippen LogP contribution in [0.1, 0.15) is 11.1 Å². The number of thioether (sulfide) groups is 1. The summed E-state index contributed by atoms with van der Waals surface area (Å²) in [6.07, 6.45) is 0. The fourth-order valence-electron chi connectivity index (χ4n) is 3.40. The predicted octanol–water partition coefficient (Wildman–Crippen LogP) is 4.74. The Kier molecular flexibility index (Phi) is 5.07. The van der Waals surface area contributed by atoms with Crippen molar-refractivity contribution in [3.8, 4) is 11.5 Å². The molecule has 0 aliphatic carbocycles. The lowest BCUT2D eigenvalue weighted by atomic mass is 10.2. The summed E-state index contributed by atoms with van der Waals surface area (Å²) in [4.78, 5) is 17.9. The zero-order chi connectivity index (χ0) is 21.4. The third-order valence-corrected chi connectivity index (χ3v) is 6.00. The van der Waals surface area contributed by atoms with Gasteiger partial charge < -0.3 is 9.47 Å². The molecule has 8 heteroatoms. The largest absolute Gasteiger partial charge is 0.454 e. The topological polar surface area (TPSA) is 53.4 Å². The number of ether oxygens (including phenoxy) is 2. The first kappa shape index (κ1) is 19.6. The number of rotatable bonds is 5. The maximum Gasteiger partial charge on any atom is 0.262 e. The smallest absolute Gasteiger partial charge is 0.262 e. The summed E-state index contributed by atoms with van der Waals surface area (Å²) in [5.41, 5.74) is 1.87. The molecule has 156 valence electrons. The van der Waals surface area contributed by atoms with E-state index >= 15 is 0 Å². The van der Waals surface area contributed by atoms with Crippen molar-refractivity contribution < 1.29 is 18.3 Å². The minimum Gasteiger partial charge on any atom is -0.454 e. The molecule has 1 aromatic heterocycles. The molecule has 0 bridgehead atoms. The quantitative estimate of drug-likeness (QED) is 0.333. The maximum absolute atomic E-state index is 13.6. The van der Waals surface area contributed by atoms with Gasteiger partial charge in [0.25, 0.3) is 5.56 Å².